The first kappa shape index (κ1) is 69.4. The first-order valence-electron chi connectivity index (χ1n) is 35.2. The predicted octanol–water partition coefficient (Wildman–Crippen LogP) is 14.8. The first-order valence-corrected chi connectivity index (χ1v) is 35.2. The average molecular weight is 1310 g/mol. The number of ether oxygens (including phenoxy) is 5. The number of hydrogen-bond acceptors (Lipinski definition) is 15. The Morgan fingerprint density at radius 1 is 0.646 bits per heavy atom. The monoisotopic (exact) mass is 1310 g/mol. The zero-order valence-electron chi connectivity index (χ0n) is 57.9. The molecule has 0 bridgehead atoms. The Morgan fingerprint density at radius 3 is 1.72 bits per heavy atom. The summed E-state index contributed by atoms with van der Waals surface area (Å²) in [5.41, 5.74) is 7.85. The molecular formula is C78H101N9O9. The Kier molecular flexibility index (Phi) is 22.2. The molecule has 3 saturated carbocycles. The molecule has 4 aliphatic heterocycles. The lowest BCUT2D eigenvalue weighted by Gasteiger charge is -2.35. The first-order chi connectivity index (χ1) is 46.1. The molecule has 0 spiro atoms. The van der Waals surface area contributed by atoms with Crippen LogP contribution in [0.1, 0.15) is 184 Å². The number of hydrogen-bond donors (Lipinski definition) is 3. The van der Waals surface area contributed by atoms with Crippen molar-refractivity contribution >= 4 is 56.7 Å². The molecular weight excluding hydrogens is 1210 g/mol. The van der Waals surface area contributed by atoms with E-state index in [9.17, 15) is 19.2 Å². The molecule has 18 heteroatoms. The molecule has 3 aromatic heterocycles. The minimum atomic E-state index is -0.809. The lowest BCUT2D eigenvalue weighted by Crippen LogP contribution is -2.48. The van der Waals surface area contributed by atoms with Crippen LogP contribution in [0.5, 0.6) is 17.2 Å². The van der Waals surface area contributed by atoms with Gasteiger partial charge in [0.05, 0.1) is 25.0 Å². The highest BCUT2D eigenvalue weighted by molar-refractivity contribution is 5.96. The molecule has 4 aromatic carbocycles. The smallest absolute Gasteiger partial charge is 0.410 e. The maximum Gasteiger partial charge on any atom is 0.410 e. The van der Waals surface area contributed by atoms with Crippen LogP contribution in [0.3, 0.4) is 0 Å². The van der Waals surface area contributed by atoms with E-state index in [4.69, 9.17) is 34.4 Å². The molecule has 0 unspecified atom stereocenters. The molecule has 18 nitrogen and oxygen atoms in total. The van der Waals surface area contributed by atoms with Gasteiger partial charge in [-0.05, 0) is 164 Å². The summed E-state index contributed by atoms with van der Waals surface area (Å²) >= 11 is 0. The minimum Gasteiger partial charge on any atom is -0.493 e. The summed E-state index contributed by atoms with van der Waals surface area (Å²) in [5.74, 6) is 2.65. The van der Waals surface area contributed by atoms with Crippen molar-refractivity contribution in [1.82, 2.24) is 40.3 Å². The molecule has 4 N–H and O–H groups in total. The van der Waals surface area contributed by atoms with E-state index < -0.39 is 17.0 Å². The van der Waals surface area contributed by atoms with Crippen LogP contribution >= 0.6 is 0 Å². The zero-order valence-corrected chi connectivity index (χ0v) is 57.9. The standard InChI is InChI=1S/C30H35N3O4.C24H33N3O2.C14H26N2O2.C10H7NO/c1-30(2)36-27-15-22(14-26(35-3)28(27)37-30)29(34)33(18-24-13-20-9-6-7-11-25(20)32-24)17-23-12-19-8-4-5-10-21(19)16-31-23;1-24(2,3)29-23(28)27-21(13-18-9-6-7-11-22(18)27)16-25-15-20-12-17-8-4-5-10-19(17)14-26-20;1-14(2,3)18-13(17)16-11(9-15)8-10-6-4-5-7-12(10)16;12-7-10-5-8-3-1-2-4-9(8)6-11-10/h4-5,8,10,12,14-16,20,24-25,32H,6-7,9,11,13,17-18H2,1-3H3;4-5,8,10,12,14,18,21-22,25H,6-7,9,11,13,15-16H2,1-3H3;10-12H,4-9,15H2,1-3H3;1-7H/t20-,24-,25-;18-,21-,22-;10-,11-,12-;/m000./s1. The Bertz CT molecular complexity index is 3820. The number of carbonyl (C=O) groups is 4. The summed E-state index contributed by atoms with van der Waals surface area (Å²) in [6.45, 7) is 18.3. The molecule has 3 saturated heterocycles. The highest BCUT2D eigenvalue weighted by Gasteiger charge is 2.47. The van der Waals surface area contributed by atoms with Crippen LogP contribution < -0.4 is 30.6 Å². The molecule has 3 aliphatic carbocycles. The van der Waals surface area contributed by atoms with E-state index in [-0.39, 0.29) is 36.2 Å². The van der Waals surface area contributed by atoms with Crippen LogP contribution in [0.15, 0.2) is 122 Å². The number of amides is 3. The van der Waals surface area contributed by atoms with Crippen LogP contribution in [0.25, 0.3) is 32.3 Å². The van der Waals surface area contributed by atoms with E-state index in [1.54, 1.807) is 31.5 Å². The number of fused-ring (bicyclic) bond motifs is 7. The number of nitrogens with two attached hydrogens (primary N) is 1. The number of rotatable bonds is 12. The summed E-state index contributed by atoms with van der Waals surface area (Å²) in [5, 5.41) is 14.1. The summed E-state index contributed by atoms with van der Waals surface area (Å²) in [6, 6.07) is 35.7. The van der Waals surface area contributed by atoms with Gasteiger partial charge >= 0.3 is 12.2 Å². The number of benzene rings is 4. The lowest BCUT2D eigenvalue weighted by atomic mass is 9.85. The summed E-state index contributed by atoms with van der Waals surface area (Å²) in [4.78, 5) is 68.9. The number of methoxy groups -OCH3 is 1. The van der Waals surface area contributed by atoms with E-state index in [1.165, 1.54) is 69.6 Å². The Balaban J connectivity index is 0.000000140. The number of nitrogens with one attached hydrogen (secondary N) is 2. The van der Waals surface area contributed by atoms with Gasteiger partial charge in [-0.25, -0.2) is 9.59 Å². The highest BCUT2D eigenvalue weighted by Crippen LogP contribution is 2.48. The Hall–Kier alpha value is -7.93. The summed E-state index contributed by atoms with van der Waals surface area (Å²) in [7, 11) is 1.58. The van der Waals surface area contributed by atoms with Gasteiger partial charge in [-0.2, -0.15) is 0 Å². The number of nitrogens with zero attached hydrogens (tertiary/aromatic N) is 6. The average Bonchev–Trinajstić information content (AvgIpc) is 1.71. The van der Waals surface area contributed by atoms with Gasteiger partial charge in [0.25, 0.3) is 5.91 Å². The zero-order chi connectivity index (χ0) is 67.7. The molecule has 7 aliphatic rings. The van der Waals surface area contributed by atoms with Crippen molar-refractivity contribution in [2.75, 3.05) is 26.7 Å². The minimum absolute atomic E-state index is 0.0685. The van der Waals surface area contributed by atoms with Crippen molar-refractivity contribution in [3.8, 4) is 17.2 Å². The van der Waals surface area contributed by atoms with E-state index >= 15 is 0 Å². The Labute approximate surface area is 567 Å². The van der Waals surface area contributed by atoms with Gasteiger partial charge in [0.15, 0.2) is 17.8 Å². The fraction of sp³-hybridized carbons (Fsp3) is 0.526. The van der Waals surface area contributed by atoms with Gasteiger partial charge in [-0.3, -0.25) is 24.5 Å². The van der Waals surface area contributed by atoms with Crippen molar-refractivity contribution in [3.05, 3.63) is 144 Å². The number of likely N-dealkylation sites (tertiary alicyclic amines) is 2. The normalized spacial score (nSPS) is 23.8. The van der Waals surface area contributed by atoms with Crippen molar-refractivity contribution in [2.45, 2.75) is 218 Å². The fourth-order valence-electron chi connectivity index (χ4n) is 15.7. The van der Waals surface area contributed by atoms with E-state index in [1.807, 2.05) is 120 Å². The van der Waals surface area contributed by atoms with Gasteiger partial charge in [-0.15, -0.1) is 0 Å². The van der Waals surface area contributed by atoms with Gasteiger partial charge < -0.3 is 54.8 Å². The molecule has 96 heavy (non-hydrogen) atoms. The quantitative estimate of drug-likeness (QED) is 0.0971. The van der Waals surface area contributed by atoms with Gasteiger partial charge in [0.1, 0.15) is 16.9 Å². The van der Waals surface area contributed by atoms with Gasteiger partial charge in [0, 0.05) is 117 Å². The molecule has 7 heterocycles. The fourth-order valence-corrected chi connectivity index (χ4v) is 15.7. The highest BCUT2D eigenvalue weighted by atomic mass is 16.7. The largest absolute Gasteiger partial charge is 0.493 e. The number of pyridine rings is 3. The van der Waals surface area contributed by atoms with Gasteiger partial charge in [-0.1, -0.05) is 111 Å². The molecule has 14 rings (SSSR count). The number of carbonyl (C=O) groups excluding carboxylic acids is 4. The van der Waals surface area contributed by atoms with Crippen molar-refractivity contribution < 1.29 is 42.9 Å². The molecule has 7 aromatic rings. The second-order valence-electron chi connectivity index (χ2n) is 29.8. The van der Waals surface area contributed by atoms with Crippen molar-refractivity contribution in [2.24, 2.45) is 23.5 Å². The third-order valence-corrected chi connectivity index (χ3v) is 19.9. The van der Waals surface area contributed by atoms with Crippen LogP contribution in [0, 0.1) is 17.8 Å². The summed E-state index contributed by atoms with van der Waals surface area (Å²) in [6.07, 6.45) is 24.0. The topological polar surface area (TPSA) is 213 Å². The summed E-state index contributed by atoms with van der Waals surface area (Å²) < 4.78 is 28.8. The molecule has 0 radical (unpaired) electrons. The van der Waals surface area contributed by atoms with Crippen LogP contribution in [0.2, 0.25) is 0 Å². The number of aromatic nitrogens is 3. The lowest BCUT2D eigenvalue weighted by molar-refractivity contribution is -0.0439. The van der Waals surface area contributed by atoms with E-state index in [2.05, 4.69) is 68.0 Å². The second kappa shape index (κ2) is 30.6. The predicted molar refractivity (Wildman–Crippen MR) is 376 cm³/mol. The van der Waals surface area contributed by atoms with E-state index in [0.29, 0.717) is 90.6 Å². The molecule has 3 amide bonds. The second-order valence-corrected chi connectivity index (χ2v) is 29.8. The van der Waals surface area contributed by atoms with Crippen LogP contribution in [-0.2, 0) is 22.6 Å². The van der Waals surface area contributed by atoms with Gasteiger partial charge in [0.2, 0.25) is 11.5 Å². The third-order valence-electron chi connectivity index (χ3n) is 19.9. The van der Waals surface area contributed by atoms with E-state index in [0.717, 1.165) is 83.3 Å². The van der Waals surface area contributed by atoms with Crippen LogP contribution in [-0.4, -0.2) is 134 Å². The van der Waals surface area contributed by atoms with Crippen molar-refractivity contribution in [3.63, 3.8) is 0 Å². The van der Waals surface area contributed by atoms with Crippen LogP contribution in [0.4, 0.5) is 9.59 Å². The molecule has 9 atom stereocenters. The third kappa shape index (κ3) is 17.4. The molecule has 512 valence electrons. The SMILES string of the molecule is CC(C)(C)OC(=O)N1[C@H](CN)C[C@@H]2CCCC[C@@H]21.CC(C)(C)OC(=O)N1[C@H](CNCc2cc3ccccc3cn2)C[C@@H]2CCCC[C@@H]21.COc1cc(C(=O)N(Cc2cc3ccccc3cn2)C[C@@H]2C[C@@H]3CCCC[C@@H]3N2)cc2c1OC(C)(C)O2.O=Cc1cc2ccccc2cn1. The number of aldehydes is 1. The maximum atomic E-state index is 14.1. The van der Waals surface area contributed by atoms with Crippen molar-refractivity contribution in [1.29, 1.82) is 0 Å². The maximum absolute atomic E-state index is 14.1. The molecule has 6 fully saturated rings. The Morgan fingerprint density at radius 2 is 1.16 bits per heavy atom.